The number of hydrogen-bond donors (Lipinski definition) is 0. The van der Waals surface area contributed by atoms with E-state index >= 15 is 0 Å². The van der Waals surface area contributed by atoms with E-state index in [4.69, 9.17) is 0 Å². The van der Waals surface area contributed by atoms with Crippen molar-refractivity contribution in [2.24, 2.45) is 0 Å². The van der Waals surface area contributed by atoms with E-state index in [1.165, 1.54) is 25.8 Å². The van der Waals surface area contributed by atoms with Crippen molar-refractivity contribution in [2.75, 3.05) is 6.54 Å². The number of fused-ring (bicyclic) bond motifs is 1. The fourth-order valence-electron chi connectivity index (χ4n) is 1.44. The summed E-state index contributed by atoms with van der Waals surface area (Å²) in [6.45, 7) is 3.68. The largest absolute Gasteiger partial charge is 0.296 e. The number of hydrogen-bond acceptors (Lipinski definition) is 1. The molecule has 1 atom stereocenters. The number of rotatable bonds is 0. The van der Waals surface area contributed by atoms with Gasteiger partial charge in [-0.25, -0.2) is 0 Å². The fraction of sp³-hybridized carbons (Fsp3) is 0.833. The molecular weight excluding hydrogens is 86.1 g/mol. The lowest BCUT2D eigenvalue weighted by atomic mass is 10.1. The van der Waals surface area contributed by atoms with Crippen molar-refractivity contribution in [3.05, 3.63) is 6.54 Å². The van der Waals surface area contributed by atoms with Crippen LogP contribution in [0.15, 0.2) is 0 Å². The molecule has 2 rings (SSSR count). The highest BCUT2D eigenvalue weighted by atomic mass is 15.2. The SMILES string of the molecule is [CH]1CCC2CCN12. The van der Waals surface area contributed by atoms with E-state index in [-0.39, 0.29) is 0 Å². The lowest BCUT2D eigenvalue weighted by Gasteiger charge is -2.33. The molecule has 0 aliphatic carbocycles. The molecule has 0 aromatic rings. The fourth-order valence-corrected chi connectivity index (χ4v) is 1.44. The summed E-state index contributed by atoms with van der Waals surface area (Å²) in [5.74, 6) is 0. The van der Waals surface area contributed by atoms with Gasteiger partial charge in [0.05, 0.1) is 0 Å². The van der Waals surface area contributed by atoms with E-state index in [1.807, 2.05) is 0 Å². The van der Waals surface area contributed by atoms with Gasteiger partial charge in [0.1, 0.15) is 0 Å². The summed E-state index contributed by atoms with van der Waals surface area (Å²) in [6.07, 6.45) is 4.22. The Balaban J connectivity index is 2.03. The minimum Gasteiger partial charge on any atom is -0.296 e. The molecule has 2 fully saturated rings. The summed E-state index contributed by atoms with van der Waals surface area (Å²) >= 11 is 0. The molecule has 1 unspecified atom stereocenters. The van der Waals surface area contributed by atoms with Crippen LogP contribution >= 0.6 is 0 Å². The molecule has 0 bridgehead atoms. The van der Waals surface area contributed by atoms with Crippen LogP contribution in [0, 0.1) is 6.54 Å². The van der Waals surface area contributed by atoms with Crippen LogP contribution in [0.5, 0.6) is 0 Å². The minimum atomic E-state index is 0.972. The predicted octanol–water partition coefficient (Wildman–Crippen LogP) is 1.02. The average Bonchev–Trinajstić information content (AvgIpc) is 1.85. The molecule has 0 N–H and O–H groups in total. The van der Waals surface area contributed by atoms with E-state index in [9.17, 15) is 0 Å². The van der Waals surface area contributed by atoms with Crippen LogP contribution in [0.4, 0.5) is 0 Å². The molecule has 2 aliphatic rings. The van der Waals surface area contributed by atoms with E-state index in [2.05, 4.69) is 11.4 Å². The van der Waals surface area contributed by atoms with Crippen LogP contribution < -0.4 is 0 Å². The average molecular weight is 96.2 g/mol. The normalized spacial score (nSPS) is 40.3. The Morgan fingerprint density at radius 1 is 1.43 bits per heavy atom. The Morgan fingerprint density at radius 2 is 2.43 bits per heavy atom. The lowest BCUT2D eigenvalue weighted by molar-refractivity contribution is 0.168. The number of nitrogens with zero attached hydrogens (tertiary/aromatic N) is 1. The van der Waals surface area contributed by atoms with E-state index in [0.717, 1.165) is 6.04 Å². The van der Waals surface area contributed by atoms with Gasteiger partial charge in [0.15, 0.2) is 0 Å². The molecule has 1 nitrogen and oxygen atoms in total. The summed E-state index contributed by atoms with van der Waals surface area (Å²) < 4.78 is 0. The first-order valence-electron chi connectivity index (χ1n) is 3.06. The highest BCUT2D eigenvalue weighted by Crippen LogP contribution is 2.30. The first kappa shape index (κ1) is 3.90. The molecule has 0 spiro atoms. The van der Waals surface area contributed by atoms with Crippen LogP contribution in [-0.4, -0.2) is 17.5 Å². The quantitative estimate of drug-likeness (QED) is 0.435. The molecule has 0 aromatic carbocycles. The summed E-state index contributed by atoms with van der Waals surface area (Å²) in [6, 6.07) is 0.972. The summed E-state index contributed by atoms with van der Waals surface area (Å²) in [4.78, 5) is 2.46. The molecule has 0 saturated carbocycles. The van der Waals surface area contributed by atoms with Gasteiger partial charge in [-0.05, 0) is 19.3 Å². The van der Waals surface area contributed by atoms with Gasteiger partial charge in [-0.2, -0.15) is 0 Å². The van der Waals surface area contributed by atoms with Crippen LogP contribution in [0.3, 0.4) is 0 Å². The van der Waals surface area contributed by atoms with E-state index in [0.29, 0.717) is 0 Å². The maximum Gasteiger partial charge on any atom is 0.0255 e. The summed E-state index contributed by atoms with van der Waals surface area (Å²) in [5.41, 5.74) is 0. The van der Waals surface area contributed by atoms with Gasteiger partial charge in [0.2, 0.25) is 0 Å². The molecular formula is C6H10N. The van der Waals surface area contributed by atoms with Gasteiger partial charge in [-0.15, -0.1) is 0 Å². The third-order valence-corrected chi connectivity index (χ3v) is 2.05. The zero-order valence-corrected chi connectivity index (χ0v) is 4.43. The summed E-state index contributed by atoms with van der Waals surface area (Å²) in [7, 11) is 0. The third-order valence-electron chi connectivity index (χ3n) is 2.05. The monoisotopic (exact) mass is 96.1 g/mol. The smallest absolute Gasteiger partial charge is 0.0255 e. The van der Waals surface area contributed by atoms with E-state index < -0.39 is 0 Å². The van der Waals surface area contributed by atoms with Gasteiger partial charge < -0.3 is 0 Å². The van der Waals surface area contributed by atoms with Crippen molar-refractivity contribution in [1.82, 2.24) is 4.90 Å². The van der Waals surface area contributed by atoms with Gasteiger partial charge in [-0.3, -0.25) is 4.90 Å². The Labute approximate surface area is 44.3 Å². The van der Waals surface area contributed by atoms with Crippen molar-refractivity contribution in [3.63, 3.8) is 0 Å². The Kier molecular flexibility index (Phi) is 0.680. The molecule has 0 amide bonds. The molecule has 7 heavy (non-hydrogen) atoms. The highest BCUT2D eigenvalue weighted by molar-refractivity contribution is 4.94. The standard InChI is InChI=1S/C6H10N/c1-2-6-3-5-7(6)4-1/h4,6H,1-3,5H2. The first-order valence-corrected chi connectivity index (χ1v) is 3.06. The van der Waals surface area contributed by atoms with Gasteiger partial charge >= 0.3 is 0 Å². The molecule has 2 heterocycles. The molecule has 1 heteroatoms. The maximum atomic E-state index is 2.46. The van der Waals surface area contributed by atoms with Crippen LogP contribution in [0.1, 0.15) is 19.3 Å². The Bertz CT molecular complexity index is 70.2. The Hall–Kier alpha value is -0.0400. The predicted molar refractivity (Wildman–Crippen MR) is 28.6 cm³/mol. The van der Waals surface area contributed by atoms with Crippen molar-refractivity contribution in [1.29, 1.82) is 0 Å². The van der Waals surface area contributed by atoms with Crippen molar-refractivity contribution in [2.45, 2.75) is 25.3 Å². The van der Waals surface area contributed by atoms with E-state index in [1.54, 1.807) is 0 Å². The first-order chi connectivity index (χ1) is 3.47. The minimum absolute atomic E-state index is 0.972. The zero-order valence-electron chi connectivity index (χ0n) is 4.43. The van der Waals surface area contributed by atoms with Gasteiger partial charge in [0.25, 0.3) is 0 Å². The van der Waals surface area contributed by atoms with Crippen molar-refractivity contribution >= 4 is 0 Å². The molecule has 1 radical (unpaired) electrons. The zero-order chi connectivity index (χ0) is 4.69. The van der Waals surface area contributed by atoms with Crippen molar-refractivity contribution < 1.29 is 0 Å². The molecule has 0 aromatic heterocycles. The third kappa shape index (κ3) is 0.418. The van der Waals surface area contributed by atoms with Crippen LogP contribution in [-0.2, 0) is 0 Å². The topological polar surface area (TPSA) is 3.24 Å². The summed E-state index contributed by atoms with van der Waals surface area (Å²) in [5, 5.41) is 0. The highest BCUT2D eigenvalue weighted by Gasteiger charge is 2.31. The van der Waals surface area contributed by atoms with Crippen LogP contribution in [0.25, 0.3) is 0 Å². The molecule has 2 aliphatic heterocycles. The second kappa shape index (κ2) is 1.22. The van der Waals surface area contributed by atoms with Crippen molar-refractivity contribution in [3.8, 4) is 0 Å². The van der Waals surface area contributed by atoms with Crippen LogP contribution in [0.2, 0.25) is 0 Å². The van der Waals surface area contributed by atoms with Gasteiger partial charge in [0, 0.05) is 19.1 Å². The molecule has 2 saturated heterocycles. The second-order valence-corrected chi connectivity index (χ2v) is 2.44. The molecule has 39 valence electrons. The maximum absolute atomic E-state index is 2.46. The second-order valence-electron chi connectivity index (χ2n) is 2.44. The van der Waals surface area contributed by atoms with Gasteiger partial charge in [-0.1, -0.05) is 0 Å². The Morgan fingerprint density at radius 3 is 2.71 bits per heavy atom. The lowest BCUT2D eigenvalue weighted by Crippen LogP contribution is -2.40.